The van der Waals surface area contributed by atoms with Gasteiger partial charge in [0.2, 0.25) is 0 Å². The van der Waals surface area contributed by atoms with Gasteiger partial charge in [0.25, 0.3) is 0 Å². The first-order chi connectivity index (χ1) is 8.27. The molecule has 1 rings (SSSR count). The number of hydrogen-bond acceptors (Lipinski definition) is 3. The minimum atomic E-state index is -0.578. The highest BCUT2D eigenvalue weighted by Crippen LogP contribution is 2.06. The summed E-state index contributed by atoms with van der Waals surface area (Å²) in [5, 5.41) is 21.9. The Bertz CT molecular complexity index is 313. The van der Waals surface area contributed by atoms with Crippen molar-refractivity contribution in [1.29, 1.82) is 0 Å². The van der Waals surface area contributed by atoms with E-state index in [0.29, 0.717) is 13.0 Å². The maximum absolute atomic E-state index is 9.76. The molecule has 0 bridgehead atoms. The largest absolute Gasteiger partial charge is 0.396 e. The fourth-order valence-electron chi connectivity index (χ4n) is 1.71. The Balaban J connectivity index is 2.45. The molecule has 1 aromatic rings. The topological polar surface area (TPSA) is 52.5 Å². The second kappa shape index (κ2) is 8.01. The lowest BCUT2D eigenvalue weighted by atomic mass is 10.0. The zero-order valence-corrected chi connectivity index (χ0v) is 10.0. The van der Waals surface area contributed by atoms with Gasteiger partial charge in [0.05, 0.1) is 6.10 Å². The van der Waals surface area contributed by atoms with E-state index in [4.69, 9.17) is 5.11 Å². The van der Waals surface area contributed by atoms with Gasteiger partial charge in [-0.15, -0.1) is 6.58 Å². The van der Waals surface area contributed by atoms with Crippen molar-refractivity contribution >= 4 is 0 Å². The molecule has 0 spiro atoms. The van der Waals surface area contributed by atoms with Crippen LogP contribution in [0, 0.1) is 0 Å². The summed E-state index contributed by atoms with van der Waals surface area (Å²) < 4.78 is 0. The third kappa shape index (κ3) is 5.13. The molecular weight excluding hydrogens is 214 g/mol. The van der Waals surface area contributed by atoms with Crippen LogP contribution in [0.3, 0.4) is 0 Å². The molecule has 0 saturated heterocycles. The summed E-state index contributed by atoms with van der Waals surface area (Å²) >= 11 is 0. The number of hydrogen-bond donors (Lipinski definition) is 3. The second-order valence-electron chi connectivity index (χ2n) is 4.07. The minimum absolute atomic E-state index is 0.0557. The maximum atomic E-state index is 9.76. The Morgan fingerprint density at radius 2 is 2.00 bits per heavy atom. The van der Waals surface area contributed by atoms with Crippen LogP contribution in [0.4, 0.5) is 0 Å². The van der Waals surface area contributed by atoms with Gasteiger partial charge < -0.3 is 15.5 Å². The molecule has 2 atom stereocenters. The zero-order chi connectivity index (χ0) is 12.5. The molecule has 0 saturated carbocycles. The molecule has 0 amide bonds. The summed E-state index contributed by atoms with van der Waals surface area (Å²) in [7, 11) is 0. The van der Waals surface area contributed by atoms with Gasteiger partial charge >= 0.3 is 0 Å². The molecule has 1 aromatic carbocycles. The van der Waals surface area contributed by atoms with E-state index >= 15 is 0 Å². The molecule has 0 unspecified atom stereocenters. The van der Waals surface area contributed by atoms with Crippen molar-refractivity contribution in [2.24, 2.45) is 0 Å². The van der Waals surface area contributed by atoms with Crippen LogP contribution in [-0.4, -0.2) is 29.0 Å². The van der Waals surface area contributed by atoms with Crippen molar-refractivity contribution in [3.63, 3.8) is 0 Å². The van der Waals surface area contributed by atoms with Crippen LogP contribution in [0.1, 0.15) is 18.4 Å². The predicted molar refractivity (Wildman–Crippen MR) is 69.6 cm³/mol. The summed E-state index contributed by atoms with van der Waals surface area (Å²) in [5.74, 6) is 0. The summed E-state index contributed by atoms with van der Waals surface area (Å²) in [6, 6.07) is 9.98. The average molecular weight is 235 g/mol. The van der Waals surface area contributed by atoms with Crippen LogP contribution in [0.15, 0.2) is 43.0 Å². The van der Waals surface area contributed by atoms with Gasteiger partial charge in [-0.2, -0.15) is 0 Å². The van der Waals surface area contributed by atoms with E-state index < -0.39 is 6.10 Å². The van der Waals surface area contributed by atoms with Crippen molar-refractivity contribution in [3.8, 4) is 0 Å². The van der Waals surface area contributed by atoms with Crippen molar-refractivity contribution in [2.75, 3.05) is 6.61 Å². The van der Waals surface area contributed by atoms with Crippen LogP contribution < -0.4 is 5.32 Å². The van der Waals surface area contributed by atoms with Crippen LogP contribution in [-0.2, 0) is 6.54 Å². The van der Waals surface area contributed by atoms with Gasteiger partial charge in [-0.05, 0) is 18.4 Å². The van der Waals surface area contributed by atoms with Crippen molar-refractivity contribution < 1.29 is 10.2 Å². The lowest BCUT2D eigenvalue weighted by molar-refractivity contribution is 0.157. The fourth-order valence-corrected chi connectivity index (χ4v) is 1.71. The molecule has 0 aliphatic heterocycles. The molecule has 3 heteroatoms. The molecule has 3 N–H and O–H groups in total. The maximum Gasteiger partial charge on any atom is 0.0871 e. The third-order valence-corrected chi connectivity index (χ3v) is 2.74. The molecule has 0 heterocycles. The molecule has 3 nitrogen and oxygen atoms in total. The molecule has 0 aromatic heterocycles. The summed E-state index contributed by atoms with van der Waals surface area (Å²) in [5.41, 5.74) is 1.18. The molecule has 94 valence electrons. The molecule has 0 aliphatic rings. The molecular formula is C14H21NO2. The van der Waals surface area contributed by atoms with Crippen LogP contribution in [0.25, 0.3) is 0 Å². The smallest absolute Gasteiger partial charge is 0.0871 e. The first-order valence-electron chi connectivity index (χ1n) is 5.96. The number of aliphatic hydroxyl groups excluding tert-OH is 2. The van der Waals surface area contributed by atoms with E-state index in [0.717, 1.165) is 6.42 Å². The highest BCUT2D eigenvalue weighted by molar-refractivity contribution is 5.14. The van der Waals surface area contributed by atoms with Crippen LogP contribution in [0.5, 0.6) is 0 Å². The van der Waals surface area contributed by atoms with Gasteiger partial charge in [0, 0.05) is 19.2 Å². The number of nitrogens with one attached hydrogen (secondary N) is 1. The second-order valence-corrected chi connectivity index (χ2v) is 4.07. The van der Waals surface area contributed by atoms with E-state index in [1.807, 2.05) is 30.3 Å². The Morgan fingerprint density at radius 3 is 2.59 bits per heavy atom. The van der Waals surface area contributed by atoms with Crippen LogP contribution in [0.2, 0.25) is 0 Å². The summed E-state index contributed by atoms with van der Waals surface area (Å²) in [6.45, 7) is 4.45. The van der Waals surface area contributed by atoms with Gasteiger partial charge in [0.1, 0.15) is 0 Å². The van der Waals surface area contributed by atoms with E-state index in [1.54, 1.807) is 0 Å². The Kier molecular flexibility index (Phi) is 6.55. The Hall–Kier alpha value is -1.16. The van der Waals surface area contributed by atoms with Gasteiger partial charge in [-0.3, -0.25) is 0 Å². The quantitative estimate of drug-likeness (QED) is 0.598. The number of aliphatic hydroxyl groups is 2. The van der Waals surface area contributed by atoms with Crippen molar-refractivity contribution in [1.82, 2.24) is 5.32 Å². The van der Waals surface area contributed by atoms with E-state index in [2.05, 4.69) is 11.9 Å². The molecule has 17 heavy (non-hydrogen) atoms. The lowest BCUT2D eigenvalue weighted by Gasteiger charge is -2.21. The van der Waals surface area contributed by atoms with Crippen molar-refractivity contribution in [3.05, 3.63) is 48.6 Å². The standard InChI is InChI=1S/C14H21NO2/c1-2-14(17)13(9-6-10-16)15-11-12-7-4-3-5-8-12/h2-5,7-8,13-17H,1,6,9-11H2/t13-,14+/m0/s1. The molecule has 0 fully saturated rings. The van der Waals surface area contributed by atoms with E-state index in [1.165, 1.54) is 11.6 Å². The minimum Gasteiger partial charge on any atom is -0.396 e. The van der Waals surface area contributed by atoms with Gasteiger partial charge in [-0.25, -0.2) is 0 Å². The Morgan fingerprint density at radius 1 is 1.29 bits per heavy atom. The average Bonchev–Trinajstić information content (AvgIpc) is 2.39. The summed E-state index contributed by atoms with van der Waals surface area (Å²) in [4.78, 5) is 0. The fraction of sp³-hybridized carbons (Fsp3) is 0.429. The number of rotatable bonds is 8. The molecule has 0 radical (unpaired) electrons. The number of benzene rings is 1. The normalized spacial score (nSPS) is 14.2. The first kappa shape index (κ1) is 13.9. The third-order valence-electron chi connectivity index (χ3n) is 2.74. The SMILES string of the molecule is C=C[C@@H](O)[C@H](CCCO)NCc1ccccc1. The predicted octanol–water partition coefficient (Wildman–Crippen LogP) is 1.46. The van der Waals surface area contributed by atoms with E-state index in [9.17, 15) is 5.11 Å². The van der Waals surface area contributed by atoms with Gasteiger partial charge in [-0.1, -0.05) is 36.4 Å². The Labute approximate surface area is 103 Å². The lowest BCUT2D eigenvalue weighted by Crippen LogP contribution is -2.38. The zero-order valence-electron chi connectivity index (χ0n) is 10.0. The monoisotopic (exact) mass is 235 g/mol. The highest BCUT2D eigenvalue weighted by atomic mass is 16.3. The summed E-state index contributed by atoms with van der Waals surface area (Å²) in [6.07, 6.45) is 2.36. The van der Waals surface area contributed by atoms with Gasteiger partial charge in [0.15, 0.2) is 0 Å². The highest BCUT2D eigenvalue weighted by Gasteiger charge is 2.14. The van der Waals surface area contributed by atoms with Crippen molar-refractivity contribution in [2.45, 2.75) is 31.5 Å². The first-order valence-corrected chi connectivity index (χ1v) is 5.96. The van der Waals surface area contributed by atoms with E-state index in [-0.39, 0.29) is 12.6 Å². The molecule has 0 aliphatic carbocycles. The van der Waals surface area contributed by atoms with Crippen LogP contribution >= 0.6 is 0 Å².